The van der Waals surface area contributed by atoms with E-state index in [2.05, 4.69) is 13.8 Å². The number of hydrogen-bond donors (Lipinski definition) is 1. The summed E-state index contributed by atoms with van der Waals surface area (Å²) in [4.78, 5) is 1.06. The summed E-state index contributed by atoms with van der Waals surface area (Å²) in [7, 11) is 0. The summed E-state index contributed by atoms with van der Waals surface area (Å²) in [6.07, 6.45) is 0. The molecule has 1 aromatic carbocycles. The third-order valence-corrected chi connectivity index (χ3v) is 3.27. The number of rotatable bonds is 8. The lowest BCUT2D eigenvalue weighted by atomic mass is 10.2. The monoisotopic (exact) mass is 269 g/mol. The lowest BCUT2D eigenvalue weighted by Gasteiger charge is -2.10. The molecule has 18 heavy (non-hydrogen) atoms. The highest BCUT2D eigenvalue weighted by Crippen LogP contribution is 2.29. The summed E-state index contributed by atoms with van der Waals surface area (Å²) in [5.74, 6) is 2.37. The first-order chi connectivity index (χ1) is 8.63. The zero-order valence-corrected chi connectivity index (χ0v) is 12.3. The number of ether oxygens (including phenoxy) is 2. The smallest absolute Gasteiger partial charge is 0.120 e. The third kappa shape index (κ3) is 5.65. The molecule has 1 aromatic rings. The zero-order valence-electron chi connectivity index (χ0n) is 11.4. The molecule has 0 saturated heterocycles. The fraction of sp³-hybridized carbons (Fsp3) is 0.571. The molecule has 0 aliphatic heterocycles. The average molecular weight is 269 g/mol. The molecule has 3 nitrogen and oxygen atoms in total. The molecule has 0 unspecified atom stereocenters. The molecule has 1 rings (SSSR count). The van der Waals surface area contributed by atoms with Crippen LogP contribution in [-0.2, 0) is 4.74 Å². The van der Waals surface area contributed by atoms with Gasteiger partial charge in [0.15, 0.2) is 0 Å². The molecule has 0 radical (unpaired) electrons. The van der Waals surface area contributed by atoms with Crippen LogP contribution in [0, 0.1) is 5.92 Å². The Morgan fingerprint density at radius 3 is 2.78 bits per heavy atom. The molecule has 4 heteroatoms. The van der Waals surface area contributed by atoms with Crippen LogP contribution >= 0.6 is 11.8 Å². The van der Waals surface area contributed by atoms with Gasteiger partial charge in [0.2, 0.25) is 0 Å². The van der Waals surface area contributed by atoms with Gasteiger partial charge < -0.3 is 15.2 Å². The maximum Gasteiger partial charge on any atom is 0.120 e. The van der Waals surface area contributed by atoms with Crippen LogP contribution in [0.5, 0.6) is 5.75 Å². The second-order valence-corrected chi connectivity index (χ2v) is 5.59. The van der Waals surface area contributed by atoms with Crippen LogP contribution in [0.25, 0.3) is 0 Å². The molecule has 0 atom stereocenters. The summed E-state index contributed by atoms with van der Waals surface area (Å²) in [6, 6.07) is 5.78. The lowest BCUT2D eigenvalue weighted by molar-refractivity contribution is 0.124. The van der Waals surface area contributed by atoms with E-state index in [1.54, 1.807) is 11.8 Å². The second kappa shape index (κ2) is 8.27. The van der Waals surface area contributed by atoms with Crippen molar-refractivity contribution in [2.75, 3.05) is 31.3 Å². The minimum atomic E-state index is 0.585. The number of benzene rings is 1. The van der Waals surface area contributed by atoms with Crippen molar-refractivity contribution in [2.24, 2.45) is 5.92 Å². The summed E-state index contributed by atoms with van der Waals surface area (Å²) in [5, 5.41) is 0. The molecule has 0 bridgehead atoms. The number of hydrogen-bond acceptors (Lipinski definition) is 4. The molecule has 0 spiro atoms. The van der Waals surface area contributed by atoms with Gasteiger partial charge in [-0.3, -0.25) is 0 Å². The van der Waals surface area contributed by atoms with Crippen LogP contribution in [0.3, 0.4) is 0 Å². The van der Waals surface area contributed by atoms with Gasteiger partial charge in [0.1, 0.15) is 5.75 Å². The normalized spacial score (nSPS) is 10.9. The van der Waals surface area contributed by atoms with Crippen molar-refractivity contribution < 1.29 is 9.47 Å². The van der Waals surface area contributed by atoms with E-state index >= 15 is 0 Å². The first kappa shape index (κ1) is 15.2. The maximum atomic E-state index is 5.93. The van der Waals surface area contributed by atoms with Crippen molar-refractivity contribution in [3.05, 3.63) is 18.2 Å². The number of anilines is 1. The molecule has 0 saturated carbocycles. The molecule has 0 aromatic heterocycles. The van der Waals surface area contributed by atoms with Crippen molar-refractivity contribution >= 4 is 17.4 Å². The Balaban J connectivity index is 2.38. The Morgan fingerprint density at radius 1 is 1.33 bits per heavy atom. The van der Waals surface area contributed by atoms with Crippen LogP contribution < -0.4 is 10.5 Å². The van der Waals surface area contributed by atoms with Crippen molar-refractivity contribution in [3.8, 4) is 5.75 Å². The lowest BCUT2D eigenvalue weighted by Crippen LogP contribution is -2.04. The van der Waals surface area contributed by atoms with Gasteiger partial charge in [-0.2, -0.15) is 0 Å². The Hall–Kier alpha value is -0.870. The molecule has 0 aliphatic rings. The van der Waals surface area contributed by atoms with Gasteiger partial charge in [-0.25, -0.2) is 0 Å². The van der Waals surface area contributed by atoms with Crippen LogP contribution in [-0.4, -0.2) is 25.6 Å². The third-order valence-electron chi connectivity index (χ3n) is 2.23. The molecule has 0 fully saturated rings. The first-order valence-corrected chi connectivity index (χ1v) is 7.35. The van der Waals surface area contributed by atoms with E-state index in [9.17, 15) is 0 Å². The zero-order chi connectivity index (χ0) is 13.4. The van der Waals surface area contributed by atoms with Crippen molar-refractivity contribution in [1.82, 2.24) is 0 Å². The Kier molecular flexibility index (Phi) is 6.98. The molecule has 0 amide bonds. The average Bonchev–Trinajstić information content (AvgIpc) is 2.32. The van der Waals surface area contributed by atoms with Gasteiger partial charge in [-0.15, -0.1) is 11.8 Å². The molecular formula is C14H23NO2S. The Morgan fingerprint density at radius 2 is 2.11 bits per heavy atom. The summed E-state index contributed by atoms with van der Waals surface area (Å²) in [5.41, 5.74) is 6.73. The summed E-state index contributed by atoms with van der Waals surface area (Å²) in [6.45, 7) is 8.51. The van der Waals surface area contributed by atoms with E-state index in [0.717, 1.165) is 35.3 Å². The van der Waals surface area contributed by atoms with E-state index in [1.807, 2.05) is 25.1 Å². The van der Waals surface area contributed by atoms with Crippen LogP contribution in [0.4, 0.5) is 5.69 Å². The largest absolute Gasteiger partial charge is 0.494 e. The second-order valence-electron chi connectivity index (χ2n) is 4.45. The fourth-order valence-corrected chi connectivity index (χ4v) is 2.28. The van der Waals surface area contributed by atoms with Crippen molar-refractivity contribution in [3.63, 3.8) is 0 Å². The minimum Gasteiger partial charge on any atom is -0.494 e. The standard InChI is InChI=1S/C14H23NO2S/c1-4-17-12-5-6-13(15)14(9-12)18-8-7-16-10-11(2)3/h5-6,9,11H,4,7-8,10,15H2,1-3H3. The SMILES string of the molecule is CCOc1ccc(N)c(SCCOCC(C)C)c1. The minimum absolute atomic E-state index is 0.585. The predicted octanol–water partition coefficient (Wildman–Crippen LogP) is 3.43. The van der Waals surface area contributed by atoms with E-state index in [0.29, 0.717) is 12.5 Å². The van der Waals surface area contributed by atoms with Crippen LogP contribution in [0.1, 0.15) is 20.8 Å². The quantitative estimate of drug-likeness (QED) is 0.446. The van der Waals surface area contributed by atoms with Crippen molar-refractivity contribution in [2.45, 2.75) is 25.7 Å². The Labute approximate surface area is 114 Å². The van der Waals surface area contributed by atoms with E-state index in [1.165, 1.54) is 0 Å². The highest BCUT2D eigenvalue weighted by molar-refractivity contribution is 7.99. The van der Waals surface area contributed by atoms with Crippen LogP contribution in [0.15, 0.2) is 23.1 Å². The fourth-order valence-electron chi connectivity index (χ4n) is 1.43. The highest BCUT2D eigenvalue weighted by Gasteiger charge is 2.03. The highest BCUT2D eigenvalue weighted by atomic mass is 32.2. The molecular weight excluding hydrogens is 246 g/mol. The maximum absolute atomic E-state index is 5.93. The summed E-state index contributed by atoms with van der Waals surface area (Å²) < 4.78 is 11.0. The first-order valence-electron chi connectivity index (χ1n) is 6.36. The molecule has 0 aliphatic carbocycles. The van der Waals surface area contributed by atoms with Crippen LogP contribution in [0.2, 0.25) is 0 Å². The van der Waals surface area contributed by atoms with E-state index in [-0.39, 0.29) is 0 Å². The van der Waals surface area contributed by atoms with Gasteiger partial charge >= 0.3 is 0 Å². The molecule has 0 heterocycles. The number of nitrogens with two attached hydrogens (primary N) is 1. The Bertz CT molecular complexity index is 356. The topological polar surface area (TPSA) is 44.5 Å². The van der Waals surface area contributed by atoms with Gasteiger partial charge in [0.25, 0.3) is 0 Å². The van der Waals surface area contributed by atoms with E-state index < -0.39 is 0 Å². The van der Waals surface area contributed by atoms with Gasteiger partial charge in [0, 0.05) is 22.9 Å². The summed E-state index contributed by atoms with van der Waals surface area (Å²) >= 11 is 1.71. The van der Waals surface area contributed by atoms with Gasteiger partial charge in [0.05, 0.1) is 13.2 Å². The molecule has 2 N–H and O–H groups in total. The van der Waals surface area contributed by atoms with Crippen molar-refractivity contribution in [1.29, 1.82) is 0 Å². The van der Waals surface area contributed by atoms with Gasteiger partial charge in [-0.05, 0) is 31.0 Å². The van der Waals surface area contributed by atoms with Gasteiger partial charge in [-0.1, -0.05) is 13.8 Å². The number of thioether (sulfide) groups is 1. The molecule has 102 valence electrons. The number of nitrogen functional groups attached to an aromatic ring is 1. The predicted molar refractivity (Wildman–Crippen MR) is 78.4 cm³/mol. The van der Waals surface area contributed by atoms with E-state index in [4.69, 9.17) is 15.2 Å².